The number of pyridine rings is 1. The Morgan fingerprint density at radius 2 is 1.76 bits per heavy atom. The molecule has 1 fully saturated rings. The van der Waals surface area contributed by atoms with E-state index in [9.17, 15) is 4.79 Å². The van der Waals surface area contributed by atoms with Crippen molar-refractivity contribution in [3.8, 4) is 0 Å². The highest BCUT2D eigenvalue weighted by Crippen LogP contribution is 2.23. The summed E-state index contributed by atoms with van der Waals surface area (Å²) in [5.74, 6) is 0.0228. The first kappa shape index (κ1) is 17.9. The summed E-state index contributed by atoms with van der Waals surface area (Å²) in [5, 5.41) is 0.997. The molecule has 2 heterocycles. The molecule has 0 bridgehead atoms. The first-order valence-corrected chi connectivity index (χ1v) is 8.91. The van der Waals surface area contributed by atoms with Gasteiger partial charge in [-0.25, -0.2) is 0 Å². The van der Waals surface area contributed by atoms with Crippen molar-refractivity contribution < 1.29 is 4.79 Å². The molecule has 130 valence electrons. The SMILES string of the molecule is O=C(/C=C/c1ccc(Cl)c(Cl)c1)N1CCN(Cc2ccncc2)CC1. The lowest BCUT2D eigenvalue weighted by Gasteiger charge is -2.34. The van der Waals surface area contributed by atoms with Crippen molar-refractivity contribution in [3.63, 3.8) is 0 Å². The normalized spacial score (nSPS) is 15.7. The first-order chi connectivity index (χ1) is 12.1. The number of hydrogen-bond acceptors (Lipinski definition) is 3. The second kappa shape index (κ2) is 8.48. The van der Waals surface area contributed by atoms with Gasteiger partial charge in [0.1, 0.15) is 0 Å². The van der Waals surface area contributed by atoms with Crippen molar-refractivity contribution in [1.82, 2.24) is 14.8 Å². The standard InChI is InChI=1S/C19H19Cl2N3O/c20-17-3-1-15(13-18(17)21)2-4-19(25)24-11-9-23(10-12-24)14-16-5-7-22-8-6-16/h1-8,13H,9-12,14H2/b4-2+. The van der Waals surface area contributed by atoms with Crippen molar-refractivity contribution in [3.05, 3.63) is 70.0 Å². The molecule has 0 saturated carbocycles. The third kappa shape index (κ3) is 5.05. The van der Waals surface area contributed by atoms with Crippen LogP contribution in [0.15, 0.2) is 48.8 Å². The van der Waals surface area contributed by atoms with Crippen LogP contribution in [-0.2, 0) is 11.3 Å². The molecule has 0 N–H and O–H groups in total. The van der Waals surface area contributed by atoms with Gasteiger partial charge in [-0.15, -0.1) is 0 Å². The van der Waals surface area contributed by atoms with Gasteiger partial charge < -0.3 is 4.90 Å². The molecule has 1 aliphatic heterocycles. The van der Waals surface area contributed by atoms with Crippen molar-refractivity contribution in [2.24, 2.45) is 0 Å². The Balaban J connectivity index is 1.51. The fraction of sp³-hybridized carbons (Fsp3) is 0.263. The molecule has 1 aliphatic rings. The molecule has 6 heteroatoms. The second-order valence-corrected chi connectivity index (χ2v) is 6.78. The van der Waals surface area contributed by atoms with E-state index < -0.39 is 0 Å². The summed E-state index contributed by atoms with van der Waals surface area (Å²) in [6.07, 6.45) is 6.98. The number of nitrogens with zero attached hydrogens (tertiary/aromatic N) is 3. The molecule has 0 radical (unpaired) electrons. The van der Waals surface area contributed by atoms with Gasteiger partial charge in [0.25, 0.3) is 0 Å². The van der Waals surface area contributed by atoms with Crippen LogP contribution < -0.4 is 0 Å². The number of piperazine rings is 1. The van der Waals surface area contributed by atoms with Crippen LogP contribution >= 0.6 is 23.2 Å². The fourth-order valence-electron chi connectivity index (χ4n) is 2.76. The maximum atomic E-state index is 12.3. The lowest BCUT2D eigenvalue weighted by molar-refractivity contribution is -0.127. The Morgan fingerprint density at radius 3 is 2.44 bits per heavy atom. The summed E-state index contributed by atoms with van der Waals surface area (Å²) in [7, 11) is 0. The minimum atomic E-state index is 0.0228. The van der Waals surface area contributed by atoms with Crippen molar-refractivity contribution in [2.75, 3.05) is 26.2 Å². The Morgan fingerprint density at radius 1 is 1.04 bits per heavy atom. The van der Waals surface area contributed by atoms with Crippen LogP contribution in [0.3, 0.4) is 0 Å². The second-order valence-electron chi connectivity index (χ2n) is 5.96. The zero-order chi connectivity index (χ0) is 17.6. The zero-order valence-corrected chi connectivity index (χ0v) is 15.2. The van der Waals surface area contributed by atoms with E-state index >= 15 is 0 Å². The predicted octanol–water partition coefficient (Wildman–Crippen LogP) is 3.75. The average molecular weight is 376 g/mol. The molecule has 0 aliphatic carbocycles. The highest BCUT2D eigenvalue weighted by Gasteiger charge is 2.19. The van der Waals surface area contributed by atoms with Gasteiger partial charge in [-0.3, -0.25) is 14.7 Å². The molecule has 1 aromatic heterocycles. The van der Waals surface area contributed by atoms with Crippen LogP contribution in [-0.4, -0.2) is 46.9 Å². The summed E-state index contributed by atoms with van der Waals surface area (Å²) in [4.78, 5) is 20.6. The quantitative estimate of drug-likeness (QED) is 0.763. The van der Waals surface area contributed by atoms with Crippen molar-refractivity contribution >= 4 is 35.2 Å². The molecule has 25 heavy (non-hydrogen) atoms. The number of rotatable bonds is 4. The third-order valence-corrected chi connectivity index (χ3v) is 4.94. The van der Waals surface area contributed by atoms with Gasteiger partial charge in [0.15, 0.2) is 0 Å². The van der Waals surface area contributed by atoms with E-state index in [-0.39, 0.29) is 5.91 Å². The molecule has 0 unspecified atom stereocenters. The number of amides is 1. The largest absolute Gasteiger partial charge is 0.337 e. The Bertz CT molecular complexity index is 757. The van der Waals surface area contributed by atoms with E-state index in [1.807, 2.05) is 35.5 Å². The minimum Gasteiger partial charge on any atom is -0.337 e. The molecule has 1 aromatic carbocycles. The van der Waals surface area contributed by atoms with Crippen LogP contribution in [0.4, 0.5) is 0 Å². The zero-order valence-electron chi connectivity index (χ0n) is 13.7. The Hall–Kier alpha value is -1.88. The van der Waals surface area contributed by atoms with Crippen LogP contribution in [0, 0.1) is 0 Å². The topological polar surface area (TPSA) is 36.4 Å². The molecule has 1 saturated heterocycles. The van der Waals surface area contributed by atoms with Crippen molar-refractivity contribution in [1.29, 1.82) is 0 Å². The number of hydrogen-bond donors (Lipinski definition) is 0. The fourth-order valence-corrected chi connectivity index (χ4v) is 3.07. The molecule has 1 amide bonds. The highest BCUT2D eigenvalue weighted by atomic mass is 35.5. The summed E-state index contributed by atoms with van der Waals surface area (Å²) in [5.41, 5.74) is 2.10. The molecular formula is C19H19Cl2N3O. The predicted molar refractivity (Wildman–Crippen MR) is 102 cm³/mol. The monoisotopic (exact) mass is 375 g/mol. The molecule has 2 aromatic rings. The van der Waals surface area contributed by atoms with Crippen LogP contribution in [0.5, 0.6) is 0 Å². The smallest absolute Gasteiger partial charge is 0.246 e. The maximum Gasteiger partial charge on any atom is 0.246 e. The first-order valence-electron chi connectivity index (χ1n) is 8.15. The summed E-state index contributed by atoms with van der Waals surface area (Å²) in [6, 6.07) is 9.37. The highest BCUT2D eigenvalue weighted by molar-refractivity contribution is 6.42. The number of aromatic nitrogens is 1. The molecular weight excluding hydrogens is 357 g/mol. The van der Waals surface area contributed by atoms with E-state index in [4.69, 9.17) is 23.2 Å². The molecule has 0 atom stereocenters. The van der Waals surface area contributed by atoms with Gasteiger partial charge in [-0.05, 0) is 41.5 Å². The molecule has 3 rings (SSSR count). The molecule has 4 nitrogen and oxygen atoms in total. The van der Waals surface area contributed by atoms with Crippen molar-refractivity contribution in [2.45, 2.75) is 6.54 Å². The lowest BCUT2D eigenvalue weighted by atomic mass is 10.2. The summed E-state index contributed by atoms with van der Waals surface area (Å²) < 4.78 is 0. The van der Waals surface area contributed by atoms with E-state index in [1.165, 1.54) is 5.56 Å². The number of benzene rings is 1. The van der Waals surface area contributed by atoms with Crippen LogP contribution in [0.1, 0.15) is 11.1 Å². The number of carbonyl (C=O) groups excluding carboxylic acids is 1. The van der Waals surface area contributed by atoms with Gasteiger partial charge in [0.05, 0.1) is 10.0 Å². The Labute approximate surface area is 157 Å². The lowest BCUT2D eigenvalue weighted by Crippen LogP contribution is -2.47. The minimum absolute atomic E-state index is 0.0228. The van der Waals surface area contributed by atoms with Crippen LogP contribution in [0.2, 0.25) is 10.0 Å². The summed E-state index contributed by atoms with van der Waals surface area (Å²) in [6.45, 7) is 4.10. The molecule has 0 spiro atoms. The third-order valence-electron chi connectivity index (χ3n) is 4.20. The van der Waals surface area contributed by atoms with Gasteiger partial charge in [-0.1, -0.05) is 29.3 Å². The van der Waals surface area contributed by atoms with Gasteiger partial charge >= 0.3 is 0 Å². The number of halogens is 2. The van der Waals surface area contributed by atoms with E-state index in [0.717, 1.165) is 38.3 Å². The average Bonchev–Trinajstić information content (AvgIpc) is 2.64. The van der Waals surface area contributed by atoms with E-state index in [2.05, 4.69) is 9.88 Å². The Kier molecular flexibility index (Phi) is 6.08. The van der Waals surface area contributed by atoms with Gasteiger partial charge in [0.2, 0.25) is 5.91 Å². The van der Waals surface area contributed by atoms with Gasteiger partial charge in [0, 0.05) is 51.2 Å². The van der Waals surface area contributed by atoms with Gasteiger partial charge in [-0.2, -0.15) is 0 Å². The summed E-state index contributed by atoms with van der Waals surface area (Å²) >= 11 is 11.9. The number of carbonyl (C=O) groups is 1. The van der Waals surface area contributed by atoms with Crippen LogP contribution in [0.25, 0.3) is 6.08 Å². The maximum absolute atomic E-state index is 12.3. The van der Waals surface area contributed by atoms with E-state index in [0.29, 0.717) is 10.0 Å². The van der Waals surface area contributed by atoms with E-state index in [1.54, 1.807) is 24.3 Å².